The molecule has 0 N–H and O–H groups in total. The minimum absolute atomic E-state index is 0.807. The zero-order valence-electron chi connectivity index (χ0n) is 14.4. The molecule has 128 valence electrons. The molecule has 0 amide bonds. The van der Waals surface area contributed by atoms with Crippen molar-refractivity contribution in [2.45, 2.75) is 0 Å². The molecule has 4 aromatic rings. The molecule has 0 saturated heterocycles. The Morgan fingerprint density at radius 1 is 0.346 bits per heavy atom. The first-order valence-corrected chi connectivity index (χ1v) is 17.0. The van der Waals surface area contributed by atoms with Gasteiger partial charge in [0.2, 0.25) is 0 Å². The molecule has 0 bridgehead atoms. The normalized spacial score (nSPS) is 12.9. The Balaban J connectivity index is 2.23. The van der Waals surface area contributed by atoms with Gasteiger partial charge in [-0.3, -0.25) is 0 Å². The van der Waals surface area contributed by atoms with Gasteiger partial charge >= 0.3 is 156 Å². The third-order valence-electron chi connectivity index (χ3n) is 4.96. The molecule has 26 heavy (non-hydrogen) atoms. The number of hydrogen-bond acceptors (Lipinski definition) is 0. The van der Waals surface area contributed by atoms with Crippen LogP contribution in [0.5, 0.6) is 0 Å². The van der Waals surface area contributed by atoms with Gasteiger partial charge in [0.25, 0.3) is 0 Å². The van der Waals surface area contributed by atoms with E-state index in [0.29, 0.717) is 0 Å². The van der Waals surface area contributed by atoms with Crippen molar-refractivity contribution in [1.82, 2.24) is 0 Å². The second-order valence-corrected chi connectivity index (χ2v) is 22.2. The fraction of sp³-hybridized carbons (Fsp3) is 0. The zero-order valence-corrected chi connectivity index (χ0v) is 17.8. The summed E-state index contributed by atoms with van der Waals surface area (Å²) < 4.78 is 21.6. The Morgan fingerprint density at radius 3 is 0.731 bits per heavy atom. The molecule has 0 fully saturated rings. The summed E-state index contributed by atoms with van der Waals surface area (Å²) in [4.78, 5) is 0. The summed E-state index contributed by atoms with van der Waals surface area (Å²) in [6.07, 6.45) is 0. The molecule has 0 aliphatic carbocycles. The van der Waals surface area contributed by atoms with Crippen LogP contribution in [0.4, 0.5) is 2.63 Å². The summed E-state index contributed by atoms with van der Waals surface area (Å²) in [5, 5.41) is 0. The van der Waals surface area contributed by atoms with E-state index in [1.165, 1.54) is 0 Å². The third kappa shape index (κ3) is 2.44. The Hall–Kier alpha value is -2.31. The van der Waals surface area contributed by atoms with E-state index in [0.717, 1.165) is 13.1 Å². The van der Waals surface area contributed by atoms with Crippen molar-refractivity contribution in [1.29, 1.82) is 0 Å². The van der Waals surface area contributed by atoms with E-state index in [9.17, 15) is 0 Å². The van der Waals surface area contributed by atoms with Gasteiger partial charge in [0.1, 0.15) is 0 Å². The van der Waals surface area contributed by atoms with E-state index in [2.05, 4.69) is 0 Å². The van der Waals surface area contributed by atoms with Crippen LogP contribution in [0.2, 0.25) is 0 Å². The van der Waals surface area contributed by atoms with Crippen molar-refractivity contribution in [3.63, 3.8) is 0 Å². The average molecular weight is 536 g/mol. The number of benzene rings is 4. The number of hydrogen-bond donors (Lipinski definition) is 0. The van der Waals surface area contributed by atoms with Crippen LogP contribution in [0.3, 0.4) is 0 Å². The van der Waals surface area contributed by atoms with Gasteiger partial charge in [-0.15, -0.1) is 0 Å². The van der Waals surface area contributed by atoms with Gasteiger partial charge < -0.3 is 0 Å². The molecule has 0 spiro atoms. The number of rotatable bonds is 4. The van der Waals surface area contributed by atoms with Crippen LogP contribution in [0, 0.1) is 0 Å². The molecule has 2 heteroatoms. The number of halogens is 1. The van der Waals surface area contributed by atoms with Crippen LogP contribution in [-0.2, 0) is 0 Å². The van der Waals surface area contributed by atoms with Crippen molar-refractivity contribution in [2.75, 3.05) is 0 Å². The molecule has 0 aromatic heterocycles. The van der Waals surface area contributed by atoms with E-state index in [1.54, 1.807) is 0 Å². The molecule has 0 unspecified atom stereocenters. The molecule has 0 aliphatic rings. The summed E-state index contributed by atoms with van der Waals surface area (Å²) in [6, 6.07) is 39.0. The molecule has 0 heterocycles. The van der Waals surface area contributed by atoms with E-state index in [-0.39, 0.29) is 0 Å². The van der Waals surface area contributed by atoms with Gasteiger partial charge in [0.15, 0.2) is 0 Å². The van der Waals surface area contributed by atoms with Crippen LogP contribution in [0.1, 0.15) is 0 Å². The first-order chi connectivity index (χ1) is 12.7. The average Bonchev–Trinajstić information content (AvgIpc) is 2.76. The molecular formula is C24H20BiF. The van der Waals surface area contributed by atoms with Crippen LogP contribution in [0.25, 0.3) is 0 Å². The molecule has 0 aliphatic heterocycles. The summed E-state index contributed by atoms with van der Waals surface area (Å²) >= 11 is -5.58. The van der Waals surface area contributed by atoms with E-state index >= 15 is 2.63 Å². The van der Waals surface area contributed by atoms with E-state index in [1.807, 2.05) is 121 Å². The second kappa shape index (κ2) is 6.78. The molecular weight excluding hydrogens is 516 g/mol. The van der Waals surface area contributed by atoms with Crippen molar-refractivity contribution >= 4 is 32.5 Å². The summed E-state index contributed by atoms with van der Waals surface area (Å²) in [6.45, 7) is 0. The maximum absolute atomic E-state index is 18.3. The molecule has 0 nitrogen and oxygen atoms in total. The van der Waals surface area contributed by atoms with Gasteiger partial charge in [-0.25, -0.2) is 0 Å². The molecule has 4 rings (SSSR count). The summed E-state index contributed by atoms with van der Waals surface area (Å²) in [5.74, 6) is 0. The van der Waals surface area contributed by atoms with Gasteiger partial charge in [-0.2, -0.15) is 0 Å². The summed E-state index contributed by atoms with van der Waals surface area (Å²) in [5.41, 5.74) is 0. The summed E-state index contributed by atoms with van der Waals surface area (Å²) in [7, 11) is 0. The monoisotopic (exact) mass is 536 g/mol. The first-order valence-electron chi connectivity index (χ1n) is 8.71. The quantitative estimate of drug-likeness (QED) is 0.351. The second-order valence-electron chi connectivity index (χ2n) is 6.35. The molecule has 0 saturated carbocycles. The first kappa shape index (κ1) is 17.1. The molecule has 0 atom stereocenters. The Labute approximate surface area is 156 Å². The fourth-order valence-corrected chi connectivity index (χ4v) is 22.1. The van der Waals surface area contributed by atoms with Crippen LogP contribution >= 0.6 is 0 Å². The molecule has 0 radical (unpaired) electrons. The van der Waals surface area contributed by atoms with Crippen LogP contribution in [-0.4, -0.2) is 19.4 Å². The fourth-order valence-electron chi connectivity index (χ4n) is 3.73. The predicted octanol–water partition coefficient (Wildman–Crippen LogP) is 3.48. The predicted molar refractivity (Wildman–Crippen MR) is 111 cm³/mol. The SMILES string of the molecule is [F][Bi]([c]1ccccc1)([c]1ccccc1)([c]1ccccc1)[c]1ccccc1. The van der Waals surface area contributed by atoms with Crippen LogP contribution in [0.15, 0.2) is 121 Å². The van der Waals surface area contributed by atoms with Crippen molar-refractivity contribution < 1.29 is 2.63 Å². The standard InChI is InChI=1S/4C6H5.Bi.FH/c4*1-2-4-6-5-3-1;;/h4*1-5H;;1H/q;;;;+1;/p-1. The third-order valence-corrected chi connectivity index (χ3v) is 24.7. The topological polar surface area (TPSA) is 0 Å². The van der Waals surface area contributed by atoms with Crippen molar-refractivity contribution in [2.24, 2.45) is 0 Å². The van der Waals surface area contributed by atoms with Gasteiger partial charge in [-0.05, 0) is 0 Å². The van der Waals surface area contributed by atoms with E-state index in [4.69, 9.17) is 0 Å². The maximum atomic E-state index is 18.3. The Morgan fingerprint density at radius 2 is 0.538 bits per heavy atom. The van der Waals surface area contributed by atoms with Gasteiger partial charge in [0, 0.05) is 0 Å². The minimum atomic E-state index is -5.58. The Bertz CT molecular complexity index is 814. The zero-order chi connectivity index (χ0) is 17.9. The van der Waals surface area contributed by atoms with Gasteiger partial charge in [-0.1, -0.05) is 0 Å². The van der Waals surface area contributed by atoms with Crippen molar-refractivity contribution in [3.05, 3.63) is 121 Å². The molecule has 4 aromatic carbocycles. The van der Waals surface area contributed by atoms with Gasteiger partial charge in [0.05, 0.1) is 0 Å². The van der Waals surface area contributed by atoms with Crippen molar-refractivity contribution in [3.8, 4) is 0 Å². The van der Waals surface area contributed by atoms with Crippen LogP contribution < -0.4 is 13.1 Å². The Kier molecular flexibility index (Phi) is 4.46. The van der Waals surface area contributed by atoms with E-state index < -0.39 is 19.4 Å².